The summed E-state index contributed by atoms with van der Waals surface area (Å²) in [7, 11) is 0. The second-order valence-corrected chi connectivity index (χ2v) is 8.97. The molecule has 2 rings (SSSR count). The van der Waals surface area contributed by atoms with E-state index in [0.717, 1.165) is 11.1 Å². The lowest BCUT2D eigenvalue weighted by atomic mass is 10.2. The van der Waals surface area contributed by atoms with Crippen LogP contribution in [0.5, 0.6) is 0 Å². The number of ether oxygens (including phenoxy) is 2. The minimum atomic E-state index is -0.719. The molecule has 2 atom stereocenters. The highest BCUT2D eigenvalue weighted by molar-refractivity contribution is 9.12. The molecule has 3 N–H and O–H groups in total. The highest BCUT2D eigenvalue weighted by atomic mass is 79.9. The fourth-order valence-electron chi connectivity index (χ4n) is 2.27. The van der Waals surface area contributed by atoms with Gasteiger partial charge in [-0.1, -0.05) is 63.6 Å². The van der Waals surface area contributed by atoms with E-state index in [-0.39, 0.29) is 36.4 Å². The van der Waals surface area contributed by atoms with Crippen LogP contribution in [-0.4, -0.2) is 47.2 Å². The van der Waals surface area contributed by atoms with Crippen molar-refractivity contribution in [2.45, 2.75) is 44.6 Å². The van der Waals surface area contributed by atoms with Crippen LogP contribution in [0.25, 0.3) is 0 Å². The minimum Gasteiger partial charge on any atom is -0.465 e. The molecule has 0 aliphatic carbocycles. The number of alkyl halides is 3. The maximum Gasteiger partial charge on any atom is 0.325 e. The molecule has 0 saturated carbocycles. The Bertz CT molecular complexity index is 881. The van der Waals surface area contributed by atoms with E-state index < -0.39 is 11.3 Å². The molecule has 0 aromatic heterocycles. The molecule has 0 amide bonds. The largest absolute Gasteiger partial charge is 0.465 e. The number of rotatable bonds is 10. The normalized spacial score (nSPS) is 11.3. The van der Waals surface area contributed by atoms with Crippen LogP contribution in [0.15, 0.2) is 48.5 Å². The number of nitrogens with two attached hydrogens (primary N) is 1. The number of halogens is 5. The van der Waals surface area contributed by atoms with Crippen molar-refractivity contribution in [1.82, 2.24) is 5.32 Å². The third-order valence-electron chi connectivity index (χ3n) is 3.89. The number of carbonyl (C=O) groups excluding carboxylic acids is 2. The predicted molar refractivity (Wildman–Crippen MR) is 149 cm³/mol. The first-order valence-corrected chi connectivity index (χ1v) is 13.2. The molecule has 6 nitrogen and oxygen atoms in total. The fraction of sp³-hybridized carbons (Fsp3) is 0.440. The zero-order chi connectivity index (χ0) is 26.6. The lowest BCUT2D eigenvalue weighted by Crippen LogP contribution is -2.30. The van der Waals surface area contributed by atoms with E-state index in [0.29, 0.717) is 31.6 Å². The van der Waals surface area contributed by atoms with Gasteiger partial charge in [-0.25, -0.2) is 8.78 Å². The first-order chi connectivity index (χ1) is 16.7. The van der Waals surface area contributed by atoms with Crippen molar-refractivity contribution in [2.24, 2.45) is 5.73 Å². The van der Waals surface area contributed by atoms with Crippen molar-refractivity contribution >= 4 is 55.4 Å². The van der Waals surface area contributed by atoms with Crippen LogP contribution in [0, 0.1) is 11.6 Å². The number of nitrogens with one attached hydrogen (secondary N) is 1. The Balaban J connectivity index is 0. The first-order valence-electron chi connectivity index (χ1n) is 10.7. The van der Waals surface area contributed by atoms with Crippen molar-refractivity contribution in [1.29, 1.82) is 0 Å². The van der Waals surface area contributed by atoms with Crippen LogP contribution in [0.4, 0.5) is 8.78 Å². The summed E-state index contributed by atoms with van der Waals surface area (Å²) >= 11 is 12.1. The fourth-order valence-corrected chi connectivity index (χ4v) is 2.83. The topological polar surface area (TPSA) is 90.6 Å². The van der Waals surface area contributed by atoms with Gasteiger partial charge in [0.05, 0.1) is 13.2 Å². The Morgan fingerprint density at radius 1 is 1.00 bits per heavy atom. The second-order valence-electron chi connectivity index (χ2n) is 6.69. The van der Waals surface area contributed by atoms with Gasteiger partial charge in [0.25, 0.3) is 0 Å². The Morgan fingerprint density at radius 2 is 1.50 bits per heavy atom. The number of benzene rings is 2. The second kappa shape index (κ2) is 22.6. The molecule has 0 spiro atoms. The summed E-state index contributed by atoms with van der Waals surface area (Å²) in [5, 5.41) is 2.84. The molecule has 11 heteroatoms. The van der Waals surface area contributed by atoms with E-state index in [9.17, 15) is 18.4 Å². The molecule has 0 heterocycles. The van der Waals surface area contributed by atoms with Crippen molar-refractivity contribution in [3.05, 3.63) is 71.3 Å². The Hall–Kier alpha value is -1.59. The summed E-state index contributed by atoms with van der Waals surface area (Å²) in [5.74, 6) is -1.16. The van der Waals surface area contributed by atoms with Gasteiger partial charge in [0.1, 0.15) is 21.8 Å². The lowest BCUT2D eigenvalue weighted by molar-refractivity contribution is -0.143. The standard InChI is InChI=1S/C12H15ClFNO2.C7H8FN.C5H8Br2O2.CH4/c1-2-17-12(16)11(13)8-15-7-9-4-3-5-10(14)6-9;8-7-3-1-2-6(4-7)5-9;1-2-9-5(8)4(7)3-6;/h3-6,11,15H,2,7-8H2,1H3;1-4H,5,9H2;4H,2-3H2,1H3;1H4. The summed E-state index contributed by atoms with van der Waals surface area (Å²) in [4.78, 5) is 21.6. The van der Waals surface area contributed by atoms with Crippen LogP contribution in [0.2, 0.25) is 0 Å². The highest BCUT2D eigenvalue weighted by Gasteiger charge is 2.15. The van der Waals surface area contributed by atoms with E-state index >= 15 is 0 Å². The molecule has 0 aliphatic heterocycles. The van der Waals surface area contributed by atoms with Gasteiger partial charge in [-0.05, 0) is 49.2 Å². The summed E-state index contributed by atoms with van der Waals surface area (Å²) in [5.41, 5.74) is 6.88. The summed E-state index contributed by atoms with van der Waals surface area (Å²) in [6.45, 7) is 5.41. The van der Waals surface area contributed by atoms with Crippen LogP contribution in [0.3, 0.4) is 0 Å². The highest BCUT2D eigenvalue weighted by Crippen LogP contribution is 2.05. The number of hydrogen-bond acceptors (Lipinski definition) is 6. The molecular weight excluding hydrogens is 626 g/mol. The SMILES string of the molecule is C.CCOC(=O)C(Br)CBr.CCOC(=O)C(Cl)CNCc1cccc(F)c1.NCc1cccc(F)c1. The lowest BCUT2D eigenvalue weighted by Gasteiger charge is -2.09. The molecule has 2 unspecified atom stereocenters. The van der Waals surface area contributed by atoms with Crippen LogP contribution >= 0.6 is 43.5 Å². The molecule has 2 aromatic carbocycles. The minimum absolute atomic E-state index is 0. The van der Waals surface area contributed by atoms with E-state index in [1.54, 1.807) is 38.1 Å². The molecule has 0 fully saturated rings. The molecule has 0 bridgehead atoms. The van der Waals surface area contributed by atoms with Crippen molar-refractivity contribution < 1.29 is 27.8 Å². The first kappa shape index (κ1) is 36.6. The zero-order valence-corrected chi connectivity index (χ0v) is 23.5. The van der Waals surface area contributed by atoms with Gasteiger partial charge in [0.2, 0.25) is 0 Å². The number of hydrogen-bond donors (Lipinski definition) is 2. The summed E-state index contributed by atoms with van der Waals surface area (Å²) in [6, 6.07) is 12.5. The smallest absolute Gasteiger partial charge is 0.325 e. The molecule has 0 aliphatic rings. The quantitative estimate of drug-likeness (QED) is 0.251. The van der Waals surface area contributed by atoms with Gasteiger partial charge in [0.15, 0.2) is 0 Å². The molecule has 0 saturated heterocycles. The number of carbonyl (C=O) groups is 2. The Labute approximate surface area is 234 Å². The predicted octanol–water partition coefficient (Wildman–Crippen LogP) is 5.71. The maximum absolute atomic E-state index is 12.9. The monoisotopic (exact) mass is 658 g/mol. The van der Waals surface area contributed by atoms with E-state index in [2.05, 4.69) is 41.9 Å². The average molecular weight is 661 g/mol. The third kappa shape index (κ3) is 17.8. The van der Waals surface area contributed by atoms with Crippen molar-refractivity contribution in [3.63, 3.8) is 0 Å². The van der Waals surface area contributed by atoms with Gasteiger partial charge in [-0.15, -0.1) is 11.6 Å². The molecule has 36 heavy (non-hydrogen) atoms. The summed E-state index contributed by atoms with van der Waals surface area (Å²) in [6.07, 6.45) is 0. The average Bonchev–Trinajstić information content (AvgIpc) is 2.84. The Morgan fingerprint density at radius 3 is 1.94 bits per heavy atom. The van der Waals surface area contributed by atoms with Gasteiger partial charge in [0, 0.05) is 25.0 Å². The van der Waals surface area contributed by atoms with Crippen LogP contribution in [-0.2, 0) is 32.2 Å². The van der Waals surface area contributed by atoms with Crippen molar-refractivity contribution in [3.8, 4) is 0 Å². The maximum atomic E-state index is 12.9. The zero-order valence-electron chi connectivity index (χ0n) is 19.6. The van der Waals surface area contributed by atoms with Gasteiger partial charge < -0.3 is 20.5 Å². The Kier molecular flexibility index (Phi) is 23.0. The molecular formula is C25H35Br2ClF2N2O4. The van der Waals surface area contributed by atoms with E-state index in [4.69, 9.17) is 22.1 Å². The van der Waals surface area contributed by atoms with E-state index in [1.165, 1.54) is 24.3 Å². The van der Waals surface area contributed by atoms with Crippen molar-refractivity contribution in [2.75, 3.05) is 25.1 Å². The summed E-state index contributed by atoms with van der Waals surface area (Å²) < 4.78 is 34.6. The molecule has 2 aromatic rings. The number of esters is 2. The molecule has 204 valence electrons. The van der Waals surface area contributed by atoms with Crippen LogP contribution in [0.1, 0.15) is 32.4 Å². The van der Waals surface area contributed by atoms with Gasteiger partial charge in [-0.2, -0.15) is 0 Å². The van der Waals surface area contributed by atoms with Crippen LogP contribution < -0.4 is 11.1 Å². The van der Waals surface area contributed by atoms with Gasteiger partial charge >= 0.3 is 11.9 Å². The van der Waals surface area contributed by atoms with Gasteiger partial charge in [-0.3, -0.25) is 9.59 Å². The third-order valence-corrected chi connectivity index (χ3v) is 6.43. The van der Waals surface area contributed by atoms with E-state index in [1.807, 2.05) is 0 Å². The molecule has 0 radical (unpaired) electrons.